The number of nitrogens with one attached hydrogen (secondary N) is 1. The molecule has 2 atom stereocenters. The molecule has 0 saturated heterocycles. The second-order valence-electron chi connectivity index (χ2n) is 5.89. The first-order valence-electron chi connectivity index (χ1n) is 7.57. The second-order valence-corrected chi connectivity index (χ2v) is 5.89. The van der Waals surface area contributed by atoms with Gasteiger partial charge in [-0.05, 0) is 31.4 Å². The van der Waals surface area contributed by atoms with E-state index in [0.717, 1.165) is 18.5 Å². The van der Waals surface area contributed by atoms with Gasteiger partial charge in [-0.15, -0.1) is 0 Å². The highest BCUT2D eigenvalue weighted by Gasteiger charge is 2.31. The van der Waals surface area contributed by atoms with E-state index in [1.54, 1.807) is 0 Å². The van der Waals surface area contributed by atoms with Crippen molar-refractivity contribution in [2.45, 2.75) is 45.8 Å². The molecule has 1 aromatic carbocycles. The lowest BCUT2D eigenvalue weighted by atomic mass is 9.91. The van der Waals surface area contributed by atoms with Crippen molar-refractivity contribution in [2.75, 3.05) is 19.8 Å². The molecule has 114 valence electrons. The Morgan fingerprint density at radius 1 is 1.20 bits per heavy atom. The highest BCUT2D eigenvalue weighted by molar-refractivity contribution is 5.25. The maximum Gasteiger partial charge on any atom is 0.0906 e. The Morgan fingerprint density at radius 2 is 1.85 bits per heavy atom. The van der Waals surface area contributed by atoms with Gasteiger partial charge in [0.05, 0.1) is 24.9 Å². The molecule has 0 spiro atoms. The van der Waals surface area contributed by atoms with Gasteiger partial charge >= 0.3 is 0 Å². The number of likely N-dealkylation sites (N-methyl/N-ethyl adjacent to an activating group) is 1. The van der Waals surface area contributed by atoms with Crippen LogP contribution < -0.4 is 5.32 Å². The van der Waals surface area contributed by atoms with Gasteiger partial charge in [0.2, 0.25) is 0 Å². The van der Waals surface area contributed by atoms with Gasteiger partial charge in [-0.3, -0.25) is 0 Å². The first-order chi connectivity index (χ1) is 9.54. The van der Waals surface area contributed by atoms with Crippen LogP contribution in [-0.4, -0.2) is 31.0 Å². The fourth-order valence-electron chi connectivity index (χ4n) is 2.54. The SMILES string of the molecule is CCNC(CO)(COC(C)CC(C)C)c1ccccc1. The number of hydrogen-bond acceptors (Lipinski definition) is 3. The van der Waals surface area contributed by atoms with Crippen molar-refractivity contribution >= 4 is 0 Å². The average Bonchev–Trinajstić information content (AvgIpc) is 2.44. The van der Waals surface area contributed by atoms with Gasteiger partial charge < -0.3 is 15.2 Å². The molecule has 0 amide bonds. The molecular formula is C17H29NO2. The molecule has 0 bridgehead atoms. The summed E-state index contributed by atoms with van der Waals surface area (Å²) >= 11 is 0. The zero-order chi connectivity index (χ0) is 15.0. The molecule has 0 radical (unpaired) electrons. The molecule has 0 aliphatic carbocycles. The van der Waals surface area contributed by atoms with E-state index >= 15 is 0 Å². The van der Waals surface area contributed by atoms with Crippen LogP contribution in [0.15, 0.2) is 30.3 Å². The predicted octanol–water partition coefficient (Wildman–Crippen LogP) is 2.93. The summed E-state index contributed by atoms with van der Waals surface area (Å²) in [4.78, 5) is 0. The lowest BCUT2D eigenvalue weighted by Gasteiger charge is -2.34. The van der Waals surface area contributed by atoms with E-state index in [4.69, 9.17) is 4.74 Å². The topological polar surface area (TPSA) is 41.5 Å². The zero-order valence-corrected chi connectivity index (χ0v) is 13.2. The van der Waals surface area contributed by atoms with Crippen LogP contribution in [0.5, 0.6) is 0 Å². The first kappa shape index (κ1) is 17.2. The monoisotopic (exact) mass is 279 g/mol. The summed E-state index contributed by atoms with van der Waals surface area (Å²) in [5, 5.41) is 13.3. The Labute approximate surface area is 123 Å². The quantitative estimate of drug-likeness (QED) is 0.730. The van der Waals surface area contributed by atoms with Crippen molar-refractivity contribution in [3.63, 3.8) is 0 Å². The molecule has 0 aliphatic heterocycles. The van der Waals surface area contributed by atoms with Crippen LogP contribution in [0.2, 0.25) is 0 Å². The van der Waals surface area contributed by atoms with Gasteiger partial charge in [-0.25, -0.2) is 0 Å². The molecule has 3 heteroatoms. The van der Waals surface area contributed by atoms with E-state index in [2.05, 4.69) is 26.1 Å². The molecule has 1 aromatic rings. The molecule has 0 saturated carbocycles. The number of aliphatic hydroxyl groups excluding tert-OH is 1. The Hall–Kier alpha value is -0.900. The lowest BCUT2D eigenvalue weighted by molar-refractivity contribution is -0.0113. The summed E-state index contributed by atoms with van der Waals surface area (Å²) in [5.74, 6) is 0.615. The molecule has 2 N–H and O–H groups in total. The molecule has 2 unspecified atom stereocenters. The predicted molar refractivity (Wildman–Crippen MR) is 83.8 cm³/mol. The van der Waals surface area contributed by atoms with Crippen molar-refractivity contribution < 1.29 is 9.84 Å². The van der Waals surface area contributed by atoms with Gasteiger partial charge in [0.1, 0.15) is 0 Å². The number of ether oxygens (including phenoxy) is 1. The van der Waals surface area contributed by atoms with Gasteiger partial charge in [-0.2, -0.15) is 0 Å². The number of rotatable bonds is 9. The van der Waals surface area contributed by atoms with E-state index < -0.39 is 5.54 Å². The highest BCUT2D eigenvalue weighted by atomic mass is 16.5. The second kappa shape index (κ2) is 8.40. The van der Waals surface area contributed by atoms with E-state index in [1.165, 1.54) is 0 Å². The van der Waals surface area contributed by atoms with Gasteiger partial charge in [-0.1, -0.05) is 51.1 Å². The standard InChI is InChI=1S/C17H29NO2/c1-5-18-17(12-19,16-9-7-6-8-10-16)13-20-15(4)11-14(2)3/h6-10,14-15,18-19H,5,11-13H2,1-4H3. The molecular weight excluding hydrogens is 250 g/mol. The minimum atomic E-state index is -0.513. The fraction of sp³-hybridized carbons (Fsp3) is 0.647. The average molecular weight is 279 g/mol. The summed E-state index contributed by atoms with van der Waals surface area (Å²) < 4.78 is 5.99. The maximum absolute atomic E-state index is 9.91. The van der Waals surface area contributed by atoms with Crippen LogP contribution in [0.1, 0.15) is 39.7 Å². The zero-order valence-electron chi connectivity index (χ0n) is 13.2. The Morgan fingerprint density at radius 3 is 2.35 bits per heavy atom. The number of benzene rings is 1. The van der Waals surface area contributed by atoms with Crippen LogP contribution in [0.4, 0.5) is 0 Å². The normalized spacial score (nSPS) is 16.1. The highest BCUT2D eigenvalue weighted by Crippen LogP contribution is 2.22. The van der Waals surface area contributed by atoms with Crippen LogP contribution in [0.3, 0.4) is 0 Å². The molecule has 3 nitrogen and oxygen atoms in total. The van der Waals surface area contributed by atoms with Crippen molar-refractivity contribution in [3.8, 4) is 0 Å². The Balaban J connectivity index is 2.79. The summed E-state index contributed by atoms with van der Waals surface area (Å²) in [6, 6.07) is 10.0. The third kappa shape index (κ3) is 4.89. The van der Waals surface area contributed by atoms with Gasteiger partial charge in [0.25, 0.3) is 0 Å². The van der Waals surface area contributed by atoms with E-state index in [9.17, 15) is 5.11 Å². The minimum Gasteiger partial charge on any atom is -0.394 e. The van der Waals surface area contributed by atoms with Crippen molar-refractivity contribution in [2.24, 2.45) is 5.92 Å². The molecule has 0 aromatic heterocycles. The molecule has 0 fully saturated rings. The van der Waals surface area contributed by atoms with Crippen LogP contribution in [-0.2, 0) is 10.3 Å². The third-order valence-corrected chi connectivity index (χ3v) is 3.53. The summed E-state index contributed by atoms with van der Waals surface area (Å²) in [7, 11) is 0. The summed E-state index contributed by atoms with van der Waals surface area (Å²) in [5.41, 5.74) is 0.558. The number of aliphatic hydroxyl groups is 1. The first-order valence-corrected chi connectivity index (χ1v) is 7.57. The van der Waals surface area contributed by atoms with E-state index in [-0.39, 0.29) is 12.7 Å². The van der Waals surface area contributed by atoms with Crippen molar-refractivity contribution in [1.82, 2.24) is 5.32 Å². The lowest BCUT2D eigenvalue weighted by Crippen LogP contribution is -2.50. The van der Waals surface area contributed by atoms with Crippen LogP contribution >= 0.6 is 0 Å². The summed E-state index contributed by atoms with van der Waals surface area (Å²) in [6.07, 6.45) is 1.23. The Bertz CT molecular complexity index is 367. The van der Waals surface area contributed by atoms with Crippen LogP contribution in [0, 0.1) is 5.92 Å². The van der Waals surface area contributed by atoms with Gasteiger partial charge in [0, 0.05) is 0 Å². The van der Waals surface area contributed by atoms with E-state index in [1.807, 2.05) is 37.3 Å². The molecule has 0 heterocycles. The van der Waals surface area contributed by atoms with Gasteiger partial charge in [0.15, 0.2) is 0 Å². The largest absolute Gasteiger partial charge is 0.394 e. The van der Waals surface area contributed by atoms with Crippen molar-refractivity contribution in [3.05, 3.63) is 35.9 Å². The number of hydrogen-bond donors (Lipinski definition) is 2. The summed E-state index contributed by atoms with van der Waals surface area (Å²) in [6.45, 7) is 9.83. The fourth-order valence-corrected chi connectivity index (χ4v) is 2.54. The Kier molecular flexibility index (Phi) is 7.20. The van der Waals surface area contributed by atoms with E-state index in [0.29, 0.717) is 12.5 Å². The molecule has 1 rings (SSSR count). The molecule has 20 heavy (non-hydrogen) atoms. The van der Waals surface area contributed by atoms with Crippen LogP contribution in [0.25, 0.3) is 0 Å². The maximum atomic E-state index is 9.91. The van der Waals surface area contributed by atoms with Crippen molar-refractivity contribution in [1.29, 1.82) is 0 Å². The third-order valence-electron chi connectivity index (χ3n) is 3.53. The minimum absolute atomic E-state index is 0.0270. The molecule has 0 aliphatic rings. The smallest absolute Gasteiger partial charge is 0.0906 e.